The van der Waals surface area contributed by atoms with Crippen LogP contribution in [-0.2, 0) is 11.2 Å². The summed E-state index contributed by atoms with van der Waals surface area (Å²) in [5, 5.41) is 0. The summed E-state index contributed by atoms with van der Waals surface area (Å²) in [6, 6.07) is 3.86. The molecule has 0 amide bonds. The highest BCUT2D eigenvalue weighted by molar-refractivity contribution is 5.82. The van der Waals surface area contributed by atoms with Gasteiger partial charge in [-0.1, -0.05) is 19.4 Å². The number of hydrogen-bond acceptors (Lipinski definition) is 1. The summed E-state index contributed by atoms with van der Waals surface area (Å²) in [5.41, 5.74) is 0.0626. The highest BCUT2D eigenvalue weighted by Crippen LogP contribution is 2.31. The lowest BCUT2D eigenvalue weighted by atomic mass is 9.76. The molecule has 1 nitrogen and oxygen atoms in total. The fourth-order valence-electron chi connectivity index (χ4n) is 2.74. The van der Waals surface area contributed by atoms with Gasteiger partial charge in [0.25, 0.3) is 0 Å². The fourth-order valence-corrected chi connectivity index (χ4v) is 2.74. The number of hydrogen-bond donors (Lipinski definition) is 0. The first-order chi connectivity index (χ1) is 8.61. The average molecular weight is 252 g/mol. The molecule has 2 unspecified atom stereocenters. The van der Waals surface area contributed by atoms with Gasteiger partial charge in [0.2, 0.25) is 0 Å². The Morgan fingerprint density at radius 3 is 2.56 bits per heavy atom. The van der Waals surface area contributed by atoms with Crippen molar-refractivity contribution in [2.45, 2.75) is 39.0 Å². The van der Waals surface area contributed by atoms with E-state index in [-0.39, 0.29) is 23.7 Å². The predicted molar refractivity (Wildman–Crippen MR) is 66.2 cm³/mol. The largest absolute Gasteiger partial charge is 0.299 e. The number of ketones is 1. The molecule has 0 aliphatic heterocycles. The van der Waals surface area contributed by atoms with Gasteiger partial charge in [0.1, 0.15) is 17.4 Å². The third kappa shape index (κ3) is 2.77. The van der Waals surface area contributed by atoms with Crippen LogP contribution >= 0.6 is 0 Å². The number of halogens is 2. The number of Topliss-reactive ketones (excluding diaryl/α,β-unsaturated/α-hetero) is 1. The first-order valence-electron chi connectivity index (χ1n) is 6.57. The number of benzene rings is 1. The van der Waals surface area contributed by atoms with Crippen LogP contribution in [0.5, 0.6) is 0 Å². The molecule has 18 heavy (non-hydrogen) atoms. The Kier molecular flexibility index (Phi) is 4.10. The summed E-state index contributed by atoms with van der Waals surface area (Å²) in [6.45, 7) is 2.10. The molecule has 2 atom stereocenters. The summed E-state index contributed by atoms with van der Waals surface area (Å²) in [6.07, 6.45) is 3.48. The molecule has 0 aromatic heterocycles. The van der Waals surface area contributed by atoms with Crippen LogP contribution < -0.4 is 0 Å². The van der Waals surface area contributed by atoms with Crippen LogP contribution in [0.2, 0.25) is 0 Å². The molecule has 0 N–H and O–H groups in total. The van der Waals surface area contributed by atoms with Crippen LogP contribution in [0.1, 0.15) is 38.2 Å². The lowest BCUT2D eigenvalue weighted by Gasteiger charge is -2.27. The highest BCUT2D eigenvalue weighted by Gasteiger charge is 2.29. The number of carbonyl (C=O) groups is 1. The van der Waals surface area contributed by atoms with Gasteiger partial charge in [-0.15, -0.1) is 0 Å². The van der Waals surface area contributed by atoms with Crippen LogP contribution in [0.4, 0.5) is 8.78 Å². The van der Waals surface area contributed by atoms with Crippen molar-refractivity contribution < 1.29 is 13.6 Å². The lowest BCUT2D eigenvalue weighted by Crippen LogP contribution is -2.27. The molecular formula is C15H18F2O. The zero-order chi connectivity index (χ0) is 13.1. The zero-order valence-corrected chi connectivity index (χ0v) is 10.6. The van der Waals surface area contributed by atoms with Crippen LogP contribution in [-0.4, -0.2) is 5.78 Å². The van der Waals surface area contributed by atoms with Crippen molar-refractivity contribution in [1.82, 2.24) is 0 Å². The van der Waals surface area contributed by atoms with E-state index in [1.54, 1.807) is 0 Å². The fraction of sp³-hybridized carbons (Fsp3) is 0.533. The Labute approximate surface area is 106 Å². The van der Waals surface area contributed by atoms with E-state index in [0.717, 1.165) is 19.3 Å². The van der Waals surface area contributed by atoms with Crippen LogP contribution in [0.25, 0.3) is 0 Å². The maximum atomic E-state index is 13.6. The number of rotatable bonds is 3. The molecule has 3 heteroatoms. The standard InChI is InChI=1S/C15H18F2O/c1-2-10-6-7-15(18)11(8-10)9-12-13(16)4-3-5-14(12)17/h3-5,10-11H,2,6-9H2,1H3. The molecule has 1 aliphatic carbocycles. The van der Waals surface area contributed by atoms with Gasteiger partial charge in [-0.2, -0.15) is 0 Å². The molecule has 1 aromatic rings. The SMILES string of the molecule is CCC1CCC(=O)C(Cc2c(F)cccc2F)C1. The maximum Gasteiger partial charge on any atom is 0.136 e. The molecule has 2 rings (SSSR count). The topological polar surface area (TPSA) is 17.1 Å². The molecule has 0 heterocycles. The van der Waals surface area contributed by atoms with Gasteiger partial charge in [-0.3, -0.25) is 4.79 Å². The van der Waals surface area contributed by atoms with Crippen molar-refractivity contribution in [3.63, 3.8) is 0 Å². The average Bonchev–Trinajstić information content (AvgIpc) is 2.36. The van der Waals surface area contributed by atoms with E-state index in [9.17, 15) is 13.6 Å². The minimum absolute atomic E-state index is 0.0626. The molecule has 1 aliphatic rings. The van der Waals surface area contributed by atoms with Gasteiger partial charge < -0.3 is 0 Å². The van der Waals surface area contributed by atoms with Crippen LogP contribution in [0.3, 0.4) is 0 Å². The smallest absolute Gasteiger partial charge is 0.136 e. The van der Waals surface area contributed by atoms with Crippen molar-refractivity contribution in [1.29, 1.82) is 0 Å². The molecule has 0 bridgehead atoms. The quantitative estimate of drug-likeness (QED) is 0.797. The Balaban J connectivity index is 2.14. The predicted octanol–water partition coefficient (Wildman–Crippen LogP) is 3.90. The van der Waals surface area contributed by atoms with Crippen LogP contribution in [0, 0.1) is 23.5 Å². The minimum Gasteiger partial charge on any atom is -0.299 e. The molecule has 0 saturated heterocycles. The molecule has 98 valence electrons. The van der Waals surface area contributed by atoms with Gasteiger partial charge in [-0.25, -0.2) is 8.78 Å². The molecule has 1 saturated carbocycles. The second-order valence-corrected chi connectivity index (χ2v) is 5.12. The molecule has 1 fully saturated rings. The minimum atomic E-state index is -0.540. The Hall–Kier alpha value is -1.25. The lowest BCUT2D eigenvalue weighted by molar-refractivity contribution is -0.125. The van der Waals surface area contributed by atoms with Crippen molar-refractivity contribution in [2.24, 2.45) is 11.8 Å². The van der Waals surface area contributed by atoms with E-state index in [0.29, 0.717) is 12.3 Å². The van der Waals surface area contributed by atoms with E-state index in [1.807, 2.05) is 0 Å². The van der Waals surface area contributed by atoms with Gasteiger partial charge in [0, 0.05) is 17.9 Å². The Morgan fingerprint density at radius 1 is 1.28 bits per heavy atom. The molecular weight excluding hydrogens is 234 g/mol. The summed E-state index contributed by atoms with van der Waals surface area (Å²) in [5.74, 6) is -0.622. The number of carbonyl (C=O) groups excluding carboxylic acids is 1. The normalized spacial score (nSPS) is 24.3. The van der Waals surface area contributed by atoms with Crippen molar-refractivity contribution in [3.8, 4) is 0 Å². The van der Waals surface area contributed by atoms with Crippen molar-refractivity contribution in [2.75, 3.05) is 0 Å². The third-order valence-corrected chi connectivity index (χ3v) is 3.96. The van der Waals surface area contributed by atoms with Gasteiger partial charge in [0.05, 0.1) is 0 Å². The Bertz CT molecular complexity index is 422. The second-order valence-electron chi connectivity index (χ2n) is 5.12. The van der Waals surface area contributed by atoms with Gasteiger partial charge in [-0.05, 0) is 37.3 Å². The maximum absolute atomic E-state index is 13.6. The van der Waals surface area contributed by atoms with E-state index < -0.39 is 11.6 Å². The summed E-state index contributed by atoms with van der Waals surface area (Å²) >= 11 is 0. The highest BCUT2D eigenvalue weighted by atomic mass is 19.1. The van der Waals surface area contributed by atoms with Crippen molar-refractivity contribution in [3.05, 3.63) is 35.4 Å². The first kappa shape index (κ1) is 13.2. The zero-order valence-electron chi connectivity index (χ0n) is 10.6. The van der Waals surface area contributed by atoms with Gasteiger partial charge in [0.15, 0.2) is 0 Å². The summed E-state index contributed by atoms with van der Waals surface area (Å²) in [4.78, 5) is 11.8. The third-order valence-electron chi connectivity index (χ3n) is 3.96. The van der Waals surface area contributed by atoms with Crippen LogP contribution in [0.15, 0.2) is 18.2 Å². The van der Waals surface area contributed by atoms with Crippen molar-refractivity contribution >= 4 is 5.78 Å². The van der Waals surface area contributed by atoms with Gasteiger partial charge >= 0.3 is 0 Å². The second kappa shape index (κ2) is 5.59. The first-order valence-corrected chi connectivity index (χ1v) is 6.57. The van der Waals surface area contributed by atoms with E-state index in [4.69, 9.17) is 0 Å². The Morgan fingerprint density at radius 2 is 1.94 bits per heavy atom. The molecule has 0 spiro atoms. The van der Waals surface area contributed by atoms with E-state index in [2.05, 4.69) is 6.92 Å². The summed E-state index contributed by atoms with van der Waals surface area (Å²) in [7, 11) is 0. The summed E-state index contributed by atoms with van der Waals surface area (Å²) < 4.78 is 27.1. The van der Waals surface area contributed by atoms with E-state index in [1.165, 1.54) is 18.2 Å². The molecule has 0 radical (unpaired) electrons. The molecule has 1 aromatic carbocycles. The van der Waals surface area contributed by atoms with E-state index >= 15 is 0 Å². The monoisotopic (exact) mass is 252 g/mol.